The highest BCUT2D eigenvalue weighted by Gasteiger charge is 2.18. The minimum Gasteiger partial charge on any atom is -0.353 e. The summed E-state index contributed by atoms with van der Waals surface area (Å²) in [5.74, 6) is 0.868. The van der Waals surface area contributed by atoms with Gasteiger partial charge < -0.3 is 5.32 Å². The Bertz CT molecular complexity index is 595. The lowest BCUT2D eigenvalue weighted by molar-refractivity contribution is 0.740. The molecule has 0 saturated heterocycles. The number of aromatic nitrogens is 2. The average molecular weight is 310 g/mol. The van der Waals surface area contributed by atoms with E-state index < -0.39 is 0 Å². The largest absolute Gasteiger partial charge is 0.353 e. The molecule has 0 bridgehead atoms. The zero-order valence-corrected chi connectivity index (χ0v) is 12.9. The van der Waals surface area contributed by atoms with Crippen molar-refractivity contribution in [3.8, 4) is 5.69 Å². The first-order valence-electron chi connectivity index (χ1n) is 6.91. The molecule has 0 spiro atoms. The summed E-state index contributed by atoms with van der Waals surface area (Å²) in [4.78, 5) is 4.58. The van der Waals surface area contributed by atoms with Gasteiger partial charge in [-0.3, -0.25) is 4.57 Å². The number of hydrogen-bond donors (Lipinski definition) is 1. The molecule has 3 rings (SSSR count). The van der Waals surface area contributed by atoms with Crippen molar-refractivity contribution in [2.45, 2.75) is 38.6 Å². The van der Waals surface area contributed by atoms with Crippen LogP contribution < -0.4 is 5.32 Å². The normalized spacial score (nSPS) is 15.8. The van der Waals surface area contributed by atoms with E-state index in [0.717, 1.165) is 17.3 Å². The Morgan fingerprint density at radius 2 is 1.80 bits per heavy atom. The molecule has 0 unspecified atom stereocenters. The molecule has 0 amide bonds. The zero-order chi connectivity index (χ0) is 14.1. The first kappa shape index (κ1) is 13.8. The van der Waals surface area contributed by atoms with Crippen molar-refractivity contribution in [2.24, 2.45) is 0 Å². The van der Waals surface area contributed by atoms with Crippen LogP contribution in [0.25, 0.3) is 5.69 Å². The molecule has 1 N–H and O–H groups in total. The summed E-state index contributed by atoms with van der Waals surface area (Å²) in [5, 5.41) is 4.79. The van der Waals surface area contributed by atoms with E-state index in [1.807, 2.05) is 29.8 Å². The van der Waals surface area contributed by atoms with Crippen LogP contribution in [0.1, 0.15) is 31.4 Å². The summed E-state index contributed by atoms with van der Waals surface area (Å²) in [6.07, 6.45) is 7.00. The lowest BCUT2D eigenvalue weighted by Crippen LogP contribution is -2.17. The number of hydrogen-bond acceptors (Lipinski definition) is 2. The molecule has 5 heteroatoms. The molecule has 20 heavy (non-hydrogen) atoms. The van der Waals surface area contributed by atoms with Crippen LogP contribution in [-0.4, -0.2) is 15.6 Å². The van der Waals surface area contributed by atoms with Gasteiger partial charge in [0.15, 0.2) is 0 Å². The van der Waals surface area contributed by atoms with Gasteiger partial charge >= 0.3 is 0 Å². The SMILES string of the molecule is Cc1cn(-c2cc(Cl)cc(Cl)c2)c(NC2CCCC2)n1. The fourth-order valence-electron chi connectivity index (χ4n) is 2.73. The van der Waals surface area contributed by atoms with E-state index in [1.54, 1.807) is 6.07 Å². The highest BCUT2D eigenvalue weighted by atomic mass is 35.5. The summed E-state index contributed by atoms with van der Waals surface area (Å²) in [7, 11) is 0. The Hall–Kier alpha value is -1.19. The molecule has 0 aliphatic heterocycles. The number of anilines is 1. The summed E-state index contributed by atoms with van der Waals surface area (Å²) in [5.41, 5.74) is 1.91. The van der Waals surface area contributed by atoms with Crippen molar-refractivity contribution in [1.82, 2.24) is 9.55 Å². The van der Waals surface area contributed by atoms with E-state index in [2.05, 4.69) is 10.3 Å². The van der Waals surface area contributed by atoms with Crippen LogP contribution in [0.15, 0.2) is 24.4 Å². The van der Waals surface area contributed by atoms with Gasteiger partial charge in [0, 0.05) is 22.3 Å². The van der Waals surface area contributed by atoms with Gasteiger partial charge in [-0.05, 0) is 38.0 Å². The maximum Gasteiger partial charge on any atom is 0.207 e. The second kappa shape index (κ2) is 5.66. The molecule has 3 nitrogen and oxygen atoms in total. The summed E-state index contributed by atoms with van der Waals surface area (Å²) >= 11 is 12.2. The molecule has 1 aliphatic rings. The maximum atomic E-state index is 6.09. The van der Waals surface area contributed by atoms with E-state index in [1.165, 1.54) is 25.7 Å². The number of nitrogens with zero attached hydrogens (tertiary/aromatic N) is 2. The van der Waals surface area contributed by atoms with Gasteiger partial charge in [0.25, 0.3) is 0 Å². The number of imidazole rings is 1. The quantitative estimate of drug-likeness (QED) is 0.879. The fraction of sp³-hybridized carbons (Fsp3) is 0.400. The van der Waals surface area contributed by atoms with Crippen LogP contribution in [0, 0.1) is 6.92 Å². The molecule has 1 heterocycles. The highest BCUT2D eigenvalue weighted by molar-refractivity contribution is 6.34. The Labute approximate surface area is 128 Å². The number of halogens is 2. The lowest BCUT2D eigenvalue weighted by atomic mass is 10.2. The molecule has 1 fully saturated rings. The van der Waals surface area contributed by atoms with Crippen molar-refractivity contribution >= 4 is 29.2 Å². The highest BCUT2D eigenvalue weighted by Crippen LogP contribution is 2.27. The van der Waals surface area contributed by atoms with Crippen molar-refractivity contribution in [3.05, 3.63) is 40.1 Å². The van der Waals surface area contributed by atoms with Crippen LogP contribution in [0.5, 0.6) is 0 Å². The minimum atomic E-state index is 0.519. The Morgan fingerprint density at radius 3 is 2.45 bits per heavy atom. The maximum absolute atomic E-state index is 6.09. The van der Waals surface area contributed by atoms with Crippen molar-refractivity contribution in [3.63, 3.8) is 0 Å². The average Bonchev–Trinajstić information content (AvgIpc) is 2.98. The van der Waals surface area contributed by atoms with Crippen molar-refractivity contribution in [2.75, 3.05) is 5.32 Å². The molecular weight excluding hydrogens is 293 g/mol. The minimum absolute atomic E-state index is 0.519. The topological polar surface area (TPSA) is 29.9 Å². The summed E-state index contributed by atoms with van der Waals surface area (Å²) in [6.45, 7) is 1.99. The molecule has 1 saturated carbocycles. The third kappa shape index (κ3) is 2.94. The fourth-order valence-corrected chi connectivity index (χ4v) is 3.24. The zero-order valence-electron chi connectivity index (χ0n) is 11.4. The standard InChI is InChI=1S/C15H17Cl2N3/c1-10-9-20(14-7-11(16)6-12(17)8-14)15(18-10)19-13-4-2-3-5-13/h6-9,13H,2-5H2,1H3,(H,18,19). The summed E-state index contributed by atoms with van der Waals surface area (Å²) in [6, 6.07) is 6.05. The van der Waals surface area contributed by atoms with E-state index >= 15 is 0 Å². The molecule has 1 aromatic heterocycles. The predicted molar refractivity (Wildman–Crippen MR) is 84.2 cm³/mol. The van der Waals surface area contributed by atoms with Gasteiger partial charge in [0.2, 0.25) is 5.95 Å². The van der Waals surface area contributed by atoms with Gasteiger partial charge in [0.05, 0.1) is 11.4 Å². The Morgan fingerprint density at radius 1 is 1.15 bits per heavy atom. The third-order valence-electron chi connectivity index (χ3n) is 3.64. The van der Waals surface area contributed by atoms with Crippen molar-refractivity contribution in [1.29, 1.82) is 0 Å². The monoisotopic (exact) mass is 309 g/mol. The van der Waals surface area contributed by atoms with Crippen molar-refractivity contribution < 1.29 is 0 Å². The van der Waals surface area contributed by atoms with Crippen LogP contribution in [0.3, 0.4) is 0 Å². The first-order valence-corrected chi connectivity index (χ1v) is 7.66. The molecule has 0 radical (unpaired) electrons. The number of aryl methyl sites for hydroxylation is 1. The third-order valence-corrected chi connectivity index (χ3v) is 4.08. The Kier molecular flexibility index (Phi) is 3.90. The van der Waals surface area contributed by atoms with E-state index in [-0.39, 0.29) is 0 Å². The smallest absolute Gasteiger partial charge is 0.207 e. The number of nitrogens with one attached hydrogen (secondary N) is 1. The molecular formula is C15H17Cl2N3. The first-order chi connectivity index (χ1) is 9.61. The number of rotatable bonds is 3. The van der Waals surface area contributed by atoms with E-state index in [9.17, 15) is 0 Å². The molecule has 2 aromatic rings. The predicted octanol–water partition coefficient (Wildman–Crippen LogP) is 4.84. The van der Waals surface area contributed by atoms with Crippen LogP contribution >= 0.6 is 23.2 Å². The van der Waals surface area contributed by atoms with Gasteiger partial charge in [-0.2, -0.15) is 0 Å². The second-order valence-corrected chi connectivity index (χ2v) is 6.20. The molecule has 0 atom stereocenters. The van der Waals surface area contributed by atoms with Gasteiger partial charge in [-0.15, -0.1) is 0 Å². The molecule has 1 aromatic carbocycles. The van der Waals surface area contributed by atoms with E-state index in [4.69, 9.17) is 23.2 Å². The molecule has 106 valence electrons. The molecule has 1 aliphatic carbocycles. The lowest BCUT2D eigenvalue weighted by Gasteiger charge is -2.15. The van der Waals surface area contributed by atoms with Gasteiger partial charge in [-0.1, -0.05) is 36.0 Å². The summed E-state index contributed by atoms with van der Waals surface area (Å²) < 4.78 is 2.02. The van der Waals surface area contributed by atoms with Gasteiger partial charge in [0.1, 0.15) is 0 Å². The Balaban J connectivity index is 1.95. The second-order valence-electron chi connectivity index (χ2n) is 5.33. The van der Waals surface area contributed by atoms with Crippen LogP contribution in [0.4, 0.5) is 5.95 Å². The number of benzene rings is 1. The van der Waals surface area contributed by atoms with Gasteiger partial charge in [-0.25, -0.2) is 4.98 Å². The van der Waals surface area contributed by atoms with E-state index in [0.29, 0.717) is 16.1 Å². The van der Waals surface area contributed by atoms with Crippen LogP contribution in [0.2, 0.25) is 10.0 Å². The van der Waals surface area contributed by atoms with Crippen LogP contribution in [-0.2, 0) is 0 Å².